The minimum absolute atomic E-state index is 0.341. The topological polar surface area (TPSA) is 117 Å². The summed E-state index contributed by atoms with van der Waals surface area (Å²) in [7, 11) is 1.10. The zero-order chi connectivity index (χ0) is 21.6. The number of nitro benzene ring substituents is 1. The number of rotatable bonds is 8. The maximum Gasteiger partial charge on any atom is 0.387 e. The first-order valence-corrected chi connectivity index (χ1v) is 8.06. The van der Waals surface area contributed by atoms with Crippen molar-refractivity contribution in [2.24, 2.45) is 0 Å². The summed E-state index contributed by atoms with van der Waals surface area (Å²) >= 11 is 0. The van der Waals surface area contributed by atoms with Gasteiger partial charge in [0.05, 0.1) is 18.1 Å². The first-order chi connectivity index (χ1) is 13.7. The number of anilines is 1. The smallest absolute Gasteiger partial charge is 0.387 e. The van der Waals surface area contributed by atoms with Crippen molar-refractivity contribution in [2.45, 2.75) is 13.5 Å². The van der Waals surface area contributed by atoms with Crippen molar-refractivity contribution >= 4 is 23.3 Å². The number of esters is 1. The molecule has 0 aliphatic carbocycles. The van der Waals surface area contributed by atoms with Crippen LogP contribution in [0, 0.1) is 17.0 Å². The lowest BCUT2D eigenvalue weighted by Gasteiger charge is -2.12. The van der Waals surface area contributed by atoms with E-state index in [0.717, 1.165) is 18.7 Å². The summed E-state index contributed by atoms with van der Waals surface area (Å²) in [5.74, 6) is -2.84. The van der Waals surface area contributed by atoms with Crippen molar-refractivity contribution in [3.05, 3.63) is 57.6 Å². The molecule has 1 N–H and O–H groups in total. The Balaban J connectivity index is 2.17. The molecule has 0 saturated carbocycles. The number of hydrogen-bond donors (Lipinski definition) is 1. The highest BCUT2D eigenvalue weighted by molar-refractivity contribution is 5.98. The minimum Gasteiger partial charge on any atom is -0.493 e. The Morgan fingerprint density at radius 3 is 2.48 bits per heavy atom. The van der Waals surface area contributed by atoms with Gasteiger partial charge >= 0.3 is 12.6 Å². The first-order valence-electron chi connectivity index (χ1n) is 8.06. The summed E-state index contributed by atoms with van der Waals surface area (Å²) in [4.78, 5) is 34.5. The van der Waals surface area contributed by atoms with Crippen molar-refractivity contribution in [3.63, 3.8) is 0 Å². The molecule has 0 radical (unpaired) electrons. The fourth-order valence-electron chi connectivity index (χ4n) is 2.32. The standard InChI is InChI=1S/C18H16F2N2O7/c1-10-5-3-4-6-12(10)21-16(23)9-28-17(24)11-7-14(27-2)15(29-18(19)20)8-13(11)22(25)26/h3-8,18H,9H2,1-2H3,(H,21,23). The molecule has 0 atom stereocenters. The second-order valence-corrected chi connectivity index (χ2v) is 5.60. The zero-order valence-electron chi connectivity index (χ0n) is 15.3. The van der Waals surface area contributed by atoms with Gasteiger partial charge in [-0.25, -0.2) is 4.79 Å². The van der Waals surface area contributed by atoms with Crippen LogP contribution in [0.2, 0.25) is 0 Å². The van der Waals surface area contributed by atoms with E-state index in [9.17, 15) is 28.5 Å². The van der Waals surface area contributed by atoms with Crippen LogP contribution < -0.4 is 14.8 Å². The van der Waals surface area contributed by atoms with E-state index in [1.165, 1.54) is 0 Å². The number of ether oxygens (including phenoxy) is 3. The zero-order valence-corrected chi connectivity index (χ0v) is 15.3. The number of nitrogens with zero attached hydrogens (tertiary/aromatic N) is 1. The van der Waals surface area contributed by atoms with Gasteiger partial charge in [0.2, 0.25) is 0 Å². The second-order valence-electron chi connectivity index (χ2n) is 5.60. The van der Waals surface area contributed by atoms with E-state index in [4.69, 9.17) is 9.47 Å². The molecule has 0 aromatic heterocycles. The minimum atomic E-state index is -3.26. The molecule has 0 heterocycles. The van der Waals surface area contributed by atoms with Crippen LogP contribution in [0.25, 0.3) is 0 Å². The van der Waals surface area contributed by atoms with Gasteiger partial charge in [0, 0.05) is 11.8 Å². The molecule has 2 aromatic rings. The number of carbonyl (C=O) groups is 2. The second kappa shape index (κ2) is 9.44. The van der Waals surface area contributed by atoms with Crippen LogP contribution in [0.1, 0.15) is 15.9 Å². The van der Waals surface area contributed by atoms with E-state index in [2.05, 4.69) is 10.1 Å². The van der Waals surface area contributed by atoms with Gasteiger partial charge in [0.1, 0.15) is 5.56 Å². The SMILES string of the molecule is COc1cc(C(=O)OCC(=O)Nc2ccccc2C)c([N+](=O)[O-])cc1OC(F)F. The third-order valence-corrected chi connectivity index (χ3v) is 3.67. The van der Waals surface area contributed by atoms with Gasteiger partial charge in [-0.1, -0.05) is 18.2 Å². The van der Waals surface area contributed by atoms with E-state index in [1.807, 2.05) is 0 Å². The largest absolute Gasteiger partial charge is 0.493 e. The molecule has 9 nitrogen and oxygen atoms in total. The van der Waals surface area contributed by atoms with Gasteiger partial charge in [0.15, 0.2) is 18.1 Å². The Hall–Kier alpha value is -3.76. The number of alkyl halides is 2. The Labute approximate surface area is 163 Å². The number of carbonyl (C=O) groups excluding carboxylic acids is 2. The molecule has 0 spiro atoms. The monoisotopic (exact) mass is 410 g/mol. The number of aryl methyl sites for hydroxylation is 1. The van der Waals surface area contributed by atoms with Crippen LogP contribution in [0.3, 0.4) is 0 Å². The van der Waals surface area contributed by atoms with Gasteiger partial charge in [-0.15, -0.1) is 0 Å². The third kappa shape index (κ3) is 5.61. The predicted octanol–water partition coefficient (Wildman–Crippen LogP) is 3.31. The normalized spacial score (nSPS) is 10.4. The summed E-state index contributed by atoms with van der Waals surface area (Å²) in [5, 5.41) is 13.7. The average molecular weight is 410 g/mol. The van der Waals surface area contributed by atoms with Gasteiger partial charge in [-0.2, -0.15) is 8.78 Å². The lowest BCUT2D eigenvalue weighted by molar-refractivity contribution is -0.385. The number of nitro groups is 1. The molecule has 11 heteroatoms. The number of halogens is 2. The molecule has 0 fully saturated rings. The number of para-hydroxylation sites is 1. The maximum atomic E-state index is 12.5. The van der Waals surface area contributed by atoms with E-state index in [-0.39, 0.29) is 5.75 Å². The van der Waals surface area contributed by atoms with Crippen molar-refractivity contribution in [2.75, 3.05) is 19.0 Å². The lowest BCUT2D eigenvalue weighted by atomic mass is 10.1. The molecule has 0 aliphatic rings. The van der Waals surface area contributed by atoms with Gasteiger partial charge < -0.3 is 19.5 Å². The fourth-order valence-corrected chi connectivity index (χ4v) is 2.32. The number of benzene rings is 2. The molecular weight excluding hydrogens is 394 g/mol. The van der Waals surface area contributed by atoms with Gasteiger partial charge in [-0.3, -0.25) is 14.9 Å². The molecule has 154 valence electrons. The quantitative estimate of drug-likeness (QED) is 0.403. The average Bonchev–Trinajstić information content (AvgIpc) is 2.67. The Morgan fingerprint density at radius 1 is 1.21 bits per heavy atom. The van der Waals surface area contributed by atoms with Gasteiger partial charge in [-0.05, 0) is 18.6 Å². The van der Waals surface area contributed by atoms with Crippen LogP contribution in [0.4, 0.5) is 20.2 Å². The fraction of sp³-hybridized carbons (Fsp3) is 0.222. The van der Waals surface area contributed by atoms with E-state index in [1.54, 1.807) is 31.2 Å². The highest BCUT2D eigenvalue weighted by atomic mass is 19.3. The van der Waals surface area contributed by atoms with E-state index < -0.39 is 47.0 Å². The molecule has 0 unspecified atom stereocenters. The van der Waals surface area contributed by atoms with E-state index in [0.29, 0.717) is 11.8 Å². The highest BCUT2D eigenvalue weighted by Crippen LogP contribution is 2.36. The summed E-state index contributed by atoms with van der Waals surface area (Å²) in [5.41, 5.74) is -0.139. The Bertz CT molecular complexity index is 934. The van der Waals surface area contributed by atoms with Crippen molar-refractivity contribution in [1.29, 1.82) is 0 Å². The summed E-state index contributed by atoms with van der Waals surface area (Å²) in [6, 6.07) is 8.34. The molecule has 0 bridgehead atoms. The summed E-state index contributed by atoms with van der Waals surface area (Å²) in [6.07, 6.45) is 0. The first kappa shape index (κ1) is 21.5. The van der Waals surface area contributed by atoms with Crippen LogP contribution in [0.5, 0.6) is 11.5 Å². The van der Waals surface area contributed by atoms with E-state index >= 15 is 0 Å². The molecule has 0 saturated heterocycles. The van der Waals surface area contributed by atoms with Crippen molar-refractivity contribution in [3.8, 4) is 11.5 Å². The number of methoxy groups -OCH3 is 1. The Morgan fingerprint density at radius 2 is 1.90 bits per heavy atom. The summed E-state index contributed by atoms with van der Waals surface area (Å²) < 4.78 is 38.7. The number of hydrogen-bond acceptors (Lipinski definition) is 7. The van der Waals surface area contributed by atoms with Crippen LogP contribution in [-0.4, -0.2) is 37.1 Å². The lowest BCUT2D eigenvalue weighted by Crippen LogP contribution is -2.21. The maximum absolute atomic E-state index is 12.5. The van der Waals surface area contributed by atoms with Crippen molar-refractivity contribution in [1.82, 2.24) is 0 Å². The molecular formula is C18H16F2N2O7. The van der Waals surface area contributed by atoms with Crippen molar-refractivity contribution < 1.29 is 37.5 Å². The van der Waals surface area contributed by atoms with Crippen LogP contribution in [-0.2, 0) is 9.53 Å². The number of nitrogens with one attached hydrogen (secondary N) is 1. The Kier molecular flexibility index (Phi) is 7.01. The molecule has 2 aromatic carbocycles. The number of amides is 1. The summed E-state index contributed by atoms with van der Waals surface area (Å²) in [6.45, 7) is -2.21. The van der Waals surface area contributed by atoms with Gasteiger partial charge in [0.25, 0.3) is 11.6 Å². The predicted molar refractivity (Wildman–Crippen MR) is 96.4 cm³/mol. The third-order valence-electron chi connectivity index (χ3n) is 3.67. The molecule has 1 amide bonds. The molecule has 2 rings (SSSR count). The van der Waals surface area contributed by atoms with Crippen LogP contribution >= 0.6 is 0 Å². The van der Waals surface area contributed by atoms with Crippen LogP contribution in [0.15, 0.2) is 36.4 Å². The molecule has 0 aliphatic heterocycles. The highest BCUT2D eigenvalue weighted by Gasteiger charge is 2.27. The molecule has 29 heavy (non-hydrogen) atoms.